The average molecular weight is 575 g/mol. The van der Waals surface area contributed by atoms with Gasteiger partial charge in [0.25, 0.3) is 0 Å². The van der Waals surface area contributed by atoms with Crippen LogP contribution in [0.1, 0.15) is 81.1 Å². The van der Waals surface area contributed by atoms with Crippen LogP contribution >= 0.6 is 0 Å². The predicted molar refractivity (Wildman–Crippen MR) is 152 cm³/mol. The van der Waals surface area contributed by atoms with Crippen LogP contribution in [0.15, 0.2) is 23.8 Å². The molecule has 41 heavy (non-hydrogen) atoms. The van der Waals surface area contributed by atoms with E-state index in [1.807, 2.05) is 19.9 Å². The van der Waals surface area contributed by atoms with Gasteiger partial charge in [-0.2, -0.15) is 0 Å². The number of aliphatic hydroxyl groups excluding tert-OH is 2. The zero-order valence-corrected chi connectivity index (χ0v) is 26.1. The monoisotopic (exact) mass is 574 g/mol. The average Bonchev–Trinajstić information content (AvgIpc) is 3.42. The maximum Gasteiger partial charge on any atom is 0.302 e. The van der Waals surface area contributed by atoms with Gasteiger partial charge in [-0.3, -0.25) is 9.59 Å². The first-order chi connectivity index (χ1) is 18.8. The number of fused-ring (bicyclic) bond motifs is 5. The standard InChI is InChI=1S/C33H50O8/c1-17(34)40-25-15-23-29(2,3)24(36)12-13-31(23,6)26-20(35)16-32(7)19(10-11-22(32)33(25,26)8)18-14-21(41-28(18)39-9)27(37)30(4,5)38/h11-13,18-21,23,25-28,35,37-38H,10,14-16H2,1-9H3. The SMILES string of the molecule is COC1OC(C(O)C(C)(C)O)CC1C1CC=C2C1(C)CC(O)C1C3(C)C=CC(=O)C(C)(C)C3CC(OC(C)=O)C21C. The van der Waals surface area contributed by atoms with E-state index in [4.69, 9.17) is 14.2 Å². The number of carbonyl (C=O) groups excluding carboxylic acids is 2. The summed E-state index contributed by atoms with van der Waals surface area (Å²) >= 11 is 0. The number of ketones is 1. The second-order valence-electron chi connectivity index (χ2n) is 15.4. The summed E-state index contributed by atoms with van der Waals surface area (Å²) in [6, 6.07) is 0. The van der Waals surface area contributed by atoms with Crippen LogP contribution in [0, 0.1) is 45.3 Å². The Hall–Kier alpha value is -1.58. The molecule has 0 aromatic heterocycles. The number of hydrogen-bond acceptors (Lipinski definition) is 8. The lowest BCUT2D eigenvalue weighted by Gasteiger charge is -2.67. The molecule has 2 saturated carbocycles. The van der Waals surface area contributed by atoms with Crippen molar-refractivity contribution in [1.29, 1.82) is 0 Å². The third-order valence-corrected chi connectivity index (χ3v) is 12.2. The molecule has 5 rings (SSSR count). The van der Waals surface area contributed by atoms with Gasteiger partial charge >= 0.3 is 5.97 Å². The fourth-order valence-corrected chi connectivity index (χ4v) is 10.4. The predicted octanol–water partition coefficient (Wildman–Crippen LogP) is 3.96. The van der Waals surface area contributed by atoms with Crippen molar-refractivity contribution >= 4 is 11.8 Å². The molecule has 12 atom stereocenters. The van der Waals surface area contributed by atoms with E-state index >= 15 is 0 Å². The molecule has 8 heteroatoms. The van der Waals surface area contributed by atoms with Crippen molar-refractivity contribution in [2.45, 2.75) is 117 Å². The highest BCUT2D eigenvalue weighted by Gasteiger charge is 2.71. The number of aliphatic hydroxyl groups is 3. The van der Waals surface area contributed by atoms with Crippen molar-refractivity contribution in [1.82, 2.24) is 0 Å². The molecular formula is C33H50O8. The van der Waals surface area contributed by atoms with Crippen LogP contribution in [-0.2, 0) is 23.8 Å². The molecule has 12 unspecified atom stereocenters. The smallest absolute Gasteiger partial charge is 0.302 e. The third kappa shape index (κ3) is 4.34. The van der Waals surface area contributed by atoms with Crippen LogP contribution in [0.25, 0.3) is 0 Å². The van der Waals surface area contributed by atoms with E-state index in [9.17, 15) is 24.9 Å². The molecule has 4 aliphatic carbocycles. The molecule has 1 saturated heterocycles. The molecule has 8 nitrogen and oxygen atoms in total. The summed E-state index contributed by atoms with van der Waals surface area (Å²) in [5, 5.41) is 33.5. The number of rotatable bonds is 5. The van der Waals surface area contributed by atoms with Crippen LogP contribution < -0.4 is 0 Å². The van der Waals surface area contributed by atoms with E-state index in [0.29, 0.717) is 19.3 Å². The summed E-state index contributed by atoms with van der Waals surface area (Å²) in [7, 11) is 1.60. The number of esters is 1. The van der Waals surface area contributed by atoms with Crippen molar-refractivity contribution in [3.63, 3.8) is 0 Å². The normalized spacial score (nSPS) is 47.7. The minimum atomic E-state index is -1.32. The van der Waals surface area contributed by atoms with Gasteiger partial charge in [-0.1, -0.05) is 52.3 Å². The van der Waals surface area contributed by atoms with Crippen LogP contribution in [0.4, 0.5) is 0 Å². The molecule has 1 heterocycles. The highest BCUT2D eigenvalue weighted by Crippen LogP contribution is 2.72. The molecular weight excluding hydrogens is 524 g/mol. The van der Waals surface area contributed by atoms with Crippen LogP contribution in [0.5, 0.6) is 0 Å². The van der Waals surface area contributed by atoms with Crippen molar-refractivity contribution in [2.75, 3.05) is 7.11 Å². The molecule has 0 radical (unpaired) electrons. The van der Waals surface area contributed by atoms with Crippen molar-refractivity contribution in [3.05, 3.63) is 23.8 Å². The van der Waals surface area contributed by atoms with Crippen molar-refractivity contribution < 1.29 is 39.1 Å². The van der Waals surface area contributed by atoms with Gasteiger partial charge in [-0.25, -0.2) is 0 Å². The van der Waals surface area contributed by atoms with E-state index in [1.54, 1.807) is 27.0 Å². The number of carbonyl (C=O) groups is 2. The van der Waals surface area contributed by atoms with E-state index in [2.05, 4.69) is 26.8 Å². The molecule has 5 aliphatic rings. The van der Waals surface area contributed by atoms with Crippen LogP contribution in [-0.4, -0.2) is 70.5 Å². The zero-order valence-electron chi connectivity index (χ0n) is 26.1. The highest BCUT2D eigenvalue weighted by molar-refractivity contribution is 5.95. The van der Waals surface area contributed by atoms with Gasteiger partial charge in [0, 0.05) is 36.7 Å². The minimum absolute atomic E-state index is 0.0531. The summed E-state index contributed by atoms with van der Waals surface area (Å²) in [6.45, 7) is 15.1. The topological polar surface area (TPSA) is 123 Å². The molecule has 3 fully saturated rings. The van der Waals surface area contributed by atoms with Gasteiger partial charge in [0.05, 0.1) is 17.8 Å². The number of ether oxygens (including phenoxy) is 3. The molecule has 1 aliphatic heterocycles. The lowest BCUT2D eigenvalue weighted by atomic mass is 9.37. The fraction of sp³-hybridized carbons (Fsp3) is 0.818. The lowest BCUT2D eigenvalue weighted by Crippen LogP contribution is -2.68. The Labute approximate surface area is 244 Å². The Balaban J connectivity index is 1.56. The number of allylic oxidation sites excluding steroid dienone is 3. The van der Waals surface area contributed by atoms with Gasteiger partial charge in [-0.05, 0) is 68.3 Å². The minimum Gasteiger partial charge on any atom is -0.462 e. The van der Waals surface area contributed by atoms with E-state index in [-0.39, 0.29) is 35.4 Å². The molecule has 0 bridgehead atoms. The van der Waals surface area contributed by atoms with Gasteiger partial charge in [0.2, 0.25) is 0 Å². The summed E-state index contributed by atoms with van der Waals surface area (Å²) < 4.78 is 18.1. The van der Waals surface area contributed by atoms with E-state index < -0.39 is 58.0 Å². The first kappa shape index (κ1) is 30.9. The third-order valence-electron chi connectivity index (χ3n) is 12.2. The Morgan fingerprint density at radius 3 is 2.41 bits per heavy atom. The lowest BCUT2D eigenvalue weighted by molar-refractivity contribution is -0.213. The quantitative estimate of drug-likeness (QED) is 0.333. The van der Waals surface area contributed by atoms with E-state index in [0.717, 1.165) is 6.42 Å². The first-order valence-electron chi connectivity index (χ1n) is 15.2. The molecule has 0 aromatic carbocycles. The summed E-state index contributed by atoms with van der Waals surface area (Å²) in [6.07, 6.45) is 4.92. The highest BCUT2D eigenvalue weighted by atomic mass is 16.7. The molecule has 0 amide bonds. The molecule has 0 spiro atoms. The van der Waals surface area contributed by atoms with E-state index in [1.165, 1.54) is 12.5 Å². The van der Waals surface area contributed by atoms with Gasteiger partial charge in [0.1, 0.15) is 12.2 Å². The Morgan fingerprint density at radius 1 is 1.17 bits per heavy atom. The van der Waals surface area contributed by atoms with Crippen molar-refractivity contribution in [2.24, 2.45) is 45.3 Å². The van der Waals surface area contributed by atoms with Gasteiger partial charge < -0.3 is 29.5 Å². The zero-order chi connectivity index (χ0) is 30.5. The fourth-order valence-electron chi connectivity index (χ4n) is 10.4. The molecule has 3 N–H and O–H groups in total. The Kier molecular flexibility index (Phi) is 7.31. The summed E-state index contributed by atoms with van der Waals surface area (Å²) in [5.74, 6) is -0.677. The van der Waals surface area contributed by atoms with Crippen LogP contribution in [0.3, 0.4) is 0 Å². The van der Waals surface area contributed by atoms with Gasteiger partial charge in [0.15, 0.2) is 12.1 Å². The van der Waals surface area contributed by atoms with Crippen molar-refractivity contribution in [3.8, 4) is 0 Å². The van der Waals surface area contributed by atoms with Crippen LogP contribution in [0.2, 0.25) is 0 Å². The Morgan fingerprint density at radius 2 is 1.83 bits per heavy atom. The number of hydrogen-bond donors (Lipinski definition) is 3. The summed E-state index contributed by atoms with van der Waals surface area (Å²) in [5.41, 5.74) is -2.35. The summed E-state index contributed by atoms with van der Waals surface area (Å²) in [4.78, 5) is 25.6. The number of methoxy groups -OCH3 is 1. The first-order valence-corrected chi connectivity index (χ1v) is 15.2. The maximum atomic E-state index is 13.1. The maximum absolute atomic E-state index is 13.1. The molecule has 230 valence electrons. The van der Waals surface area contributed by atoms with Gasteiger partial charge in [-0.15, -0.1) is 0 Å². The molecule has 0 aromatic rings. The second kappa shape index (κ2) is 9.71. The Bertz CT molecular complexity index is 1150. The largest absolute Gasteiger partial charge is 0.462 e. The second-order valence-corrected chi connectivity index (χ2v) is 15.4.